The zero-order valence-corrected chi connectivity index (χ0v) is 7.58. The van der Waals surface area contributed by atoms with Gasteiger partial charge in [-0.1, -0.05) is 11.8 Å². The van der Waals surface area contributed by atoms with Crippen LogP contribution >= 0.6 is 23.5 Å². The van der Waals surface area contributed by atoms with Crippen LogP contribution in [0.5, 0.6) is 0 Å². The molecule has 0 amide bonds. The molecule has 0 aromatic carbocycles. The zero-order valence-electron chi connectivity index (χ0n) is 5.94. The van der Waals surface area contributed by atoms with E-state index in [0.717, 1.165) is 10.2 Å². The predicted molar refractivity (Wildman–Crippen MR) is 45.2 cm³/mol. The fraction of sp³-hybridized carbons (Fsp3) is 0.600. The summed E-state index contributed by atoms with van der Waals surface area (Å²) in [6, 6.07) is 0. The Morgan fingerprint density at radius 2 is 2.50 bits per heavy atom. The van der Waals surface area contributed by atoms with Gasteiger partial charge in [0.2, 0.25) is 0 Å². The number of hydrogen-bond donors (Lipinski definition) is 0. The second-order valence-electron chi connectivity index (χ2n) is 1.78. The van der Waals surface area contributed by atoms with Gasteiger partial charge in [-0.3, -0.25) is 0 Å². The standard InChI is InChI=1S/C5H9N3S2/c1-8-3-6-7-5(8)10-4-9-2/h3H,4H2,1-2H3. The van der Waals surface area contributed by atoms with Crippen molar-refractivity contribution < 1.29 is 0 Å². The Bertz CT molecular complexity index is 199. The van der Waals surface area contributed by atoms with E-state index in [4.69, 9.17) is 0 Å². The highest BCUT2D eigenvalue weighted by atomic mass is 32.2. The average Bonchev–Trinajstić information content (AvgIpc) is 2.31. The van der Waals surface area contributed by atoms with Gasteiger partial charge in [0.05, 0.1) is 0 Å². The van der Waals surface area contributed by atoms with Crippen molar-refractivity contribution in [3.05, 3.63) is 6.33 Å². The Labute approximate surface area is 68.6 Å². The molecule has 1 aromatic heterocycles. The minimum Gasteiger partial charge on any atom is -0.312 e. The van der Waals surface area contributed by atoms with Gasteiger partial charge in [-0.25, -0.2) is 0 Å². The molecule has 56 valence electrons. The van der Waals surface area contributed by atoms with Crippen molar-refractivity contribution in [3.63, 3.8) is 0 Å². The van der Waals surface area contributed by atoms with Gasteiger partial charge in [0.25, 0.3) is 0 Å². The largest absolute Gasteiger partial charge is 0.312 e. The van der Waals surface area contributed by atoms with E-state index in [-0.39, 0.29) is 0 Å². The van der Waals surface area contributed by atoms with E-state index in [1.165, 1.54) is 0 Å². The van der Waals surface area contributed by atoms with Crippen LogP contribution in [0.3, 0.4) is 0 Å². The number of aryl methyl sites for hydroxylation is 1. The topological polar surface area (TPSA) is 30.7 Å². The maximum absolute atomic E-state index is 3.92. The third kappa shape index (κ3) is 1.91. The molecule has 1 rings (SSSR count). The summed E-state index contributed by atoms with van der Waals surface area (Å²) in [6.07, 6.45) is 3.78. The highest BCUT2D eigenvalue weighted by Gasteiger charge is 1.98. The molecular formula is C5H9N3S2. The van der Waals surface area contributed by atoms with E-state index in [9.17, 15) is 0 Å². The van der Waals surface area contributed by atoms with Gasteiger partial charge >= 0.3 is 0 Å². The normalized spacial score (nSPS) is 10.2. The number of thioether (sulfide) groups is 2. The Morgan fingerprint density at radius 1 is 1.70 bits per heavy atom. The minimum atomic E-state index is 0.981. The first kappa shape index (κ1) is 7.94. The van der Waals surface area contributed by atoms with Crippen LogP contribution in [-0.4, -0.2) is 26.1 Å². The summed E-state index contributed by atoms with van der Waals surface area (Å²) in [5, 5.41) is 9.69. The average molecular weight is 175 g/mol. The molecule has 0 aliphatic heterocycles. The summed E-state index contributed by atoms with van der Waals surface area (Å²) in [7, 11) is 1.95. The lowest BCUT2D eigenvalue weighted by Crippen LogP contribution is -1.87. The zero-order chi connectivity index (χ0) is 7.40. The lowest BCUT2D eigenvalue weighted by molar-refractivity contribution is 0.790. The number of aromatic nitrogens is 3. The van der Waals surface area contributed by atoms with Crippen molar-refractivity contribution in [1.82, 2.24) is 14.8 Å². The van der Waals surface area contributed by atoms with Crippen LogP contribution < -0.4 is 0 Å². The van der Waals surface area contributed by atoms with Crippen LogP contribution in [0.15, 0.2) is 11.5 Å². The van der Waals surface area contributed by atoms with Crippen LogP contribution in [0.4, 0.5) is 0 Å². The van der Waals surface area contributed by atoms with Gasteiger partial charge in [0, 0.05) is 12.1 Å². The molecule has 0 saturated carbocycles. The second-order valence-corrected chi connectivity index (χ2v) is 3.95. The molecule has 0 atom stereocenters. The maximum Gasteiger partial charge on any atom is 0.191 e. The third-order valence-corrected chi connectivity index (χ3v) is 3.02. The molecule has 0 fully saturated rings. The van der Waals surface area contributed by atoms with Gasteiger partial charge in [-0.05, 0) is 6.26 Å². The summed E-state index contributed by atoms with van der Waals surface area (Å²) < 4.78 is 1.92. The molecule has 0 radical (unpaired) electrons. The lowest BCUT2D eigenvalue weighted by atomic mass is 11.1. The van der Waals surface area contributed by atoms with E-state index < -0.39 is 0 Å². The van der Waals surface area contributed by atoms with Crippen molar-refractivity contribution in [2.45, 2.75) is 5.16 Å². The molecule has 0 saturated heterocycles. The Hall–Kier alpha value is -0.160. The molecule has 0 unspecified atom stereocenters. The second kappa shape index (κ2) is 3.88. The smallest absolute Gasteiger partial charge is 0.191 e. The Kier molecular flexibility index (Phi) is 3.08. The molecule has 0 bridgehead atoms. The molecule has 1 aromatic rings. The van der Waals surface area contributed by atoms with Gasteiger partial charge in [0.15, 0.2) is 5.16 Å². The first-order chi connectivity index (χ1) is 4.84. The van der Waals surface area contributed by atoms with Crippen LogP contribution in [0.1, 0.15) is 0 Å². The van der Waals surface area contributed by atoms with Crippen molar-refractivity contribution in [2.24, 2.45) is 7.05 Å². The predicted octanol–water partition coefficient (Wildman–Crippen LogP) is 1.23. The van der Waals surface area contributed by atoms with Crippen molar-refractivity contribution in [2.75, 3.05) is 11.3 Å². The molecule has 3 nitrogen and oxygen atoms in total. The van der Waals surface area contributed by atoms with Crippen molar-refractivity contribution >= 4 is 23.5 Å². The van der Waals surface area contributed by atoms with Crippen molar-refractivity contribution in [1.29, 1.82) is 0 Å². The van der Waals surface area contributed by atoms with Gasteiger partial charge in [0.1, 0.15) is 6.33 Å². The maximum atomic E-state index is 3.92. The fourth-order valence-electron chi connectivity index (χ4n) is 0.515. The third-order valence-electron chi connectivity index (χ3n) is 0.976. The number of hydrogen-bond acceptors (Lipinski definition) is 4. The monoisotopic (exact) mass is 175 g/mol. The summed E-state index contributed by atoms with van der Waals surface area (Å²) in [6.45, 7) is 0. The summed E-state index contributed by atoms with van der Waals surface area (Å²) in [5.41, 5.74) is 0. The SMILES string of the molecule is CSCSc1nncn1C. The van der Waals surface area contributed by atoms with E-state index in [1.807, 2.05) is 11.6 Å². The van der Waals surface area contributed by atoms with Crippen LogP contribution in [0.25, 0.3) is 0 Å². The summed E-state index contributed by atoms with van der Waals surface area (Å²) >= 11 is 3.50. The fourth-order valence-corrected chi connectivity index (χ4v) is 1.76. The molecule has 5 heteroatoms. The Morgan fingerprint density at radius 3 is 3.00 bits per heavy atom. The molecule has 10 heavy (non-hydrogen) atoms. The Balaban J connectivity index is 2.49. The minimum absolute atomic E-state index is 0.981. The quantitative estimate of drug-likeness (QED) is 0.510. The van der Waals surface area contributed by atoms with E-state index >= 15 is 0 Å². The van der Waals surface area contributed by atoms with E-state index in [2.05, 4.69) is 16.5 Å². The van der Waals surface area contributed by atoms with Gasteiger partial charge < -0.3 is 4.57 Å². The first-order valence-corrected chi connectivity index (χ1v) is 5.18. The molecule has 0 spiro atoms. The van der Waals surface area contributed by atoms with Crippen LogP contribution in [0.2, 0.25) is 0 Å². The van der Waals surface area contributed by atoms with E-state index in [1.54, 1.807) is 29.9 Å². The lowest BCUT2D eigenvalue weighted by Gasteiger charge is -1.95. The highest BCUT2D eigenvalue weighted by Crippen LogP contribution is 2.17. The van der Waals surface area contributed by atoms with Gasteiger partial charge in [-0.2, -0.15) is 11.8 Å². The highest BCUT2D eigenvalue weighted by molar-refractivity contribution is 8.15. The van der Waals surface area contributed by atoms with E-state index in [0.29, 0.717) is 0 Å². The summed E-state index contributed by atoms with van der Waals surface area (Å²) in [4.78, 5) is 0. The first-order valence-electron chi connectivity index (χ1n) is 2.80. The summed E-state index contributed by atoms with van der Waals surface area (Å²) in [5.74, 6) is 0. The number of rotatable bonds is 3. The molecule has 1 heterocycles. The molecule has 0 N–H and O–H groups in total. The number of nitrogens with zero attached hydrogens (tertiary/aromatic N) is 3. The van der Waals surface area contributed by atoms with Crippen LogP contribution in [-0.2, 0) is 7.05 Å². The van der Waals surface area contributed by atoms with Gasteiger partial charge in [-0.15, -0.1) is 10.2 Å². The molecule has 0 aliphatic rings. The molecular weight excluding hydrogens is 166 g/mol. The molecule has 0 aliphatic carbocycles. The van der Waals surface area contributed by atoms with Crippen LogP contribution in [0, 0.1) is 0 Å². The van der Waals surface area contributed by atoms with Crippen molar-refractivity contribution in [3.8, 4) is 0 Å².